The molecule has 0 unspecified atom stereocenters. The lowest BCUT2D eigenvalue weighted by Crippen LogP contribution is -2.34. The Labute approximate surface area is 163 Å². The van der Waals surface area contributed by atoms with Crippen LogP contribution < -0.4 is 10.4 Å². The van der Waals surface area contributed by atoms with Gasteiger partial charge in [0.2, 0.25) is 0 Å². The Bertz CT molecular complexity index is 1150. The summed E-state index contributed by atoms with van der Waals surface area (Å²) in [4.78, 5) is 0. The molecule has 0 fully saturated rings. The topological polar surface area (TPSA) is 0 Å². The van der Waals surface area contributed by atoms with Crippen LogP contribution in [-0.4, -0.2) is 0 Å². The minimum Gasteiger partial charge on any atom is -0.0801 e. The maximum Gasteiger partial charge on any atom is -0.00104 e. The molecule has 0 amide bonds. The highest BCUT2D eigenvalue weighted by molar-refractivity contribution is 5.83. The zero-order chi connectivity index (χ0) is 19.1. The average molecular weight is 355 g/mol. The lowest BCUT2D eigenvalue weighted by Gasteiger charge is -2.32. The molecule has 0 heteroatoms. The number of hydrogen-bond acceptors (Lipinski definition) is 0. The van der Waals surface area contributed by atoms with Gasteiger partial charge in [-0.05, 0) is 111 Å². The fraction of sp³-hybridized carbons (Fsp3) is 0.407. The molecular formula is C27H30. The van der Waals surface area contributed by atoms with Crippen molar-refractivity contribution in [1.82, 2.24) is 0 Å². The van der Waals surface area contributed by atoms with E-state index in [0.717, 1.165) is 19.3 Å². The molecule has 0 aliphatic heterocycles. The maximum atomic E-state index is 2.52. The predicted octanol–water partition coefficient (Wildman–Crippen LogP) is 5.64. The standard InChI is InChI=1S/C27H30/c1-16-7-10-27(5,6)25-14-23-18(11-21(16)25)12-22-17(2)20-8-9-26(3,4)15-19(20)13-24(22)23/h7-8,11,13-15H,9-10,12H2,1-6H3. The number of hydrogen-bond donors (Lipinski definition) is 0. The Balaban J connectivity index is 1.80. The van der Waals surface area contributed by atoms with Gasteiger partial charge in [-0.25, -0.2) is 0 Å². The van der Waals surface area contributed by atoms with Crippen LogP contribution in [-0.2, 0) is 11.8 Å². The van der Waals surface area contributed by atoms with Gasteiger partial charge in [0.15, 0.2) is 0 Å². The quantitative estimate of drug-likeness (QED) is 0.490. The molecule has 138 valence electrons. The van der Waals surface area contributed by atoms with E-state index in [-0.39, 0.29) is 10.8 Å². The molecule has 0 saturated carbocycles. The molecule has 0 nitrogen and oxygen atoms in total. The molecule has 0 spiro atoms. The normalized spacial score (nSPS) is 20.4. The molecule has 0 atom stereocenters. The van der Waals surface area contributed by atoms with Gasteiger partial charge >= 0.3 is 0 Å². The van der Waals surface area contributed by atoms with Crippen LogP contribution in [0.3, 0.4) is 0 Å². The maximum absolute atomic E-state index is 2.52. The zero-order valence-corrected chi connectivity index (χ0v) is 17.6. The fourth-order valence-electron chi connectivity index (χ4n) is 5.35. The van der Waals surface area contributed by atoms with E-state index in [4.69, 9.17) is 0 Å². The first-order valence-corrected chi connectivity index (χ1v) is 10.4. The van der Waals surface area contributed by atoms with Crippen LogP contribution in [0.15, 0.2) is 24.3 Å². The summed E-state index contributed by atoms with van der Waals surface area (Å²) in [6.45, 7) is 14.1. The van der Waals surface area contributed by atoms with Gasteiger partial charge in [0.05, 0.1) is 0 Å². The van der Waals surface area contributed by atoms with Gasteiger partial charge in [0.25, 0.3) is 0 Å². The lowest BCUT2D eigenvalue weighted by molar-refractivity contribution is 0.527. The summed E-state index contributed by atoms with van der Waals surface area (Å²) in [6.07, 6.45) is 10.7. The van der Waals surface area contributed by atoms with Gasteiger partial charge in [-0.15, -0.1) is 0 Å². The van der Waals surface area contributed by atoms with Crippen LogP contribution in [0.5, 0.6) is 0 Å². The first-order chi connectivity index (χ1) is 12.7. The van der Waals surface area contributed by atoms with Crippen molar-refractivity contribution in [2.24, 2.45) is 5.41 Å². The molecule has 3 aliphatic carbocycles. The summed E-state index contributed by atoms with van der Waals surface area (Å²) in [6, 6.07) is 7.50. The zero-order valence-electron chi connectivity index (χ0n) is 17.6. The minimum absolute atomic E-state index is 0.220. The van der Waals surface area contributed by atoms with E-state index in [1.54, 1.807) is 5.56 Å². The molecule has 2 aromatic carbocycles. The Morgan fingerprint density at radius 1 is 0.815 bits per heavy atom. The van der Waals surface area contributed by atoms with Crippen LogP contribution in [0.2, 0.25) is 0 Å². The average Bonchev–Trinajstić information content (AvgIpc) is 2.95. The number of rotatable bonds is 0. The van der Waals surface area contributed by atoms with Crippen molar-refractivity contribution in [2.45, 2.75) is 66.2 Å². The smallest absolute Gasteiger partial charge is 0.00104 e. The van der Waals surface area contributed by atoms with E-state index in [1.165, 1.54) is 49.4 Å². The molecule has 5 rings (SSSR count). The number of allylic oxidation sites excluding steroid dienone is 2. The second kappa shape index (κ2) is 5.25. The third kappa shape index (κ3) is 2.42. The Kier molecular flexibility index (Phi) is 3.32. The first kappa shape index (κ1) is 17.0. The van der Waals surface area contributed by atoms with Crippen LogP contribution in [0.4, 0.5) is 0 Å². The molecule has 0 radical (unpaired) electrons. The largest absolute Gasteiger partial charge is 0.0801 e. The molecule has 2 aromatic rings. The molecule has 27 heavy (non-hydrogen) atoms. The Morgan fingerprint density at radius 2 is 1.59 bits per heavy atom. The van der Waals surface area contributed by atoms with E-state index in [1.807, 2.05) is 0 Å². The summed E-state index contributed by atoms with van der Waals surface area (Å²) >= 11 is 0. The first-order valence-electron chi connectivity index (χ1n) is 10.4. The van der Waals surface area contributed by atoms with Gasteiger partial charge in [0, 0.05) is 0 Å². The molecule has 0 bridgehead atoms. The predicted molar refractivity (Wildman–Crippen MR) is 117 cm³/mol. The van der Waals surface area contributed by atoms with Crippen molar-refractivity contribution >= 4 is 17.7 Å². The third-order valence-electron chi connectivity index (χ3n) is 7.14. The molecular weight excluding hydrogens is 324 g/mol. The van der Waals surface area contributed by atoms with Crippen molar-refractivity contribution in [1.29, 1.82) is 0 Å². The Morgan fingerprint density at radius 3 is 2.37 bits per heavy atom. The molecule has 0 saturated heterocycles. The van der Waals surface area contributed by atoms with Gasteiger partial charge < -0.3 is 0 Å². The third-order valence-corrected chi connectivity index (χ3v) is 7.14. The summed E-state index contributed by atoms with van der Waals surface area (Å²) < 4.78 is 0. The highest BCUT2D eigenvalue weighted by atomic mass is 14.3. The highest BCUT2D eigenvalue weighted by Gasteiger charge is 2.31. The van der Waals surface area contributed by atoms with Gasteiger partial charge in [-0.1, -0.05) is 52.0 Å². The van der Waals surface area contributed by atoms with Gasteiger partial charge in [0.1, 0.15) is 0 Å². The van der Waals surface area contributed by atoms with Crippen molar-refractivity contribution < 1.29 is 0 Å². The van der Waals surface area contributed by atoms with Gasteiger partial charge in [-0.3, -0.25) is 0 Å². The number of fused-ring (bicyclic) bond motifs is 5. The SMILES string of the molecule is CC1=CCC(C)(C)c2cc3c(cc21)Cc1c-3cc2c(c1C)=CCC(C)(C)C=2. The molecule has 3 aliphatic rings. The van der Waals surface area contributed by atoms with E-state index in [9.17, 15) is 0 Å². The van der Waals surface area contributed by atoms with Crippen LogP contribution >= 0.6 is 0 Å². The van der Waals surface area contributed by atoms with Crippen molar-refractivity contribution in [3.05, 3.63) is 62.5 Å². The molecule has 0 N–H and O–H groups in total. The number of benzene rings is 2. The minimum atomic E-state index is 0.220. The summed E-state index contributed by atoms with van der Waals surface area (Å²) in [5.41, 5.74) is 12.4. The monoisotopic (exact) mass is 354 g/mol. The molecule has 0 heterocycles. The van der Waals surface area contributed by atoms with Crippen LogP contribution in [0.25, 0.3) is 28.9 Å². The van der Waals surface area contributed by atoms with E-state index < -0.39 is 0 Å². The van der Waals surface area contributed by atoms with Crippen molar-refractivity contribution in [2.75, 3.05) is 0 Å². The summed E-state index contributed by atoms with van der Waals surface area (Å²) in [7, 11) is 0. The van der Waals surface area contributed by atoms with Gasteiger partial charge in [-0.2, -0.15) is 0 Å². The van der Waals surface area contributed by atoms with Crippen molar-refractivity contribution in [3.63, 3.8) is 0 Å². The fourth-order valence-corrected chi connectivity index (χ4v) is 5.35. The van der Waals surface area contributed by atoms with E-state index in [0.29, 0.717) is 0 Å². The molecule has 0 aromatic heterocycles. The summed E-state index contributed by atoms with van der Waals surface area (Å²) in [5, 5.41) is 2.91. The Hall–Kier alpha value is -2.08. The van der Waals surface area contributed by atoms with Crippen LogP contribution in [0.1, 0.15) is 75.3 Å². The summed E-state index contributed by atoms with van der Waals surface area (Å²) in [5.74, 6) is 0. The lowest BCUT2D eigenvalue weighted by atomic mass is 9.72. The highest BCUT2D eigenvalue weighted by Crippen LogP contribution is 2.45. The van der Waals surface area contributed by atoms with Crippen LogP contribution in [0, 0.1) is 12.3 Å². The second-order valence-electron chi connectivity index (χ2n) is 10.3. The van der Waals surface area contributed by atoms with E-state index >= 15 is 0 Å². The van der Waals surface area contributed by atoms with Crippen molar-refractivity contribution in [3.8, 4) is 11.1 Å². The van der Waals surface area contributed by atoms with E-state index in [2.05, 4.69) is 78.0 Å². The second-order valence-corrected chi connectivity index (χ2v) is 10.3.